The molecule has 2 nitrogen and oxygen atoms in total. The lowest BCUT2D eigenvalue weighted by atomic mass is 9.62. The van der Waals surface area contributed by atoms with Crippen LogP contribution in [0.4, 0.5) is 0 Å². The highest BCUT2D eigenvalue weighted by Gasteiger charge is 2.60. The molecule has 2 rings (SSSR count). The highest BCUT2D eigenvalue weighted by molar-refractivity contribution is 5.09. The van der Waals surface area contributed by atoms with Gasteiger partial charge < -0.3 is 9.84 Å². The van der Waals surface area contributed by atoms with Crippen LogP contribution in [0.2, 0.25) is 0 Å². The average molecular weight is 238 g/mol. The minimum atomic E-state index is -0.742. The SMILES string of the molecule is C=C[C@@](C)(O)CC[C@H]1C(C)(C)[C@@H]2CC[C@@]1(C)O2. The second-order valence-electron chi connectivity index (χ2n) is 6.93. The van der Waals surface area contributed by atoms with E-state index in [0.717, 1.165) is 12.8 Å². The van der Waals surface area contributed by atoms with Gasteiger partial charge in [0.25, 0.3) is 0 Å². The Balaban J connectivity index is 2.08. The molecule has 2 heterocycles. The molecular formula is C15H26O2. The maximum Gasteiger partial charge on any atom is 0.0797 e. The molecule has 2 aliphatic rings. The minimum Gasteiger partial charge on any atom is -0.386 e. The number of fused-ring (bicyclic) bond motifs is 2. The van der Waals surface area contributed by atoms with Gasteiger partial charge in [0, 0.05) is 0 Å². The summed E-state index contributed by atoms with van der Waals surface area (Å²) in [6.07, 6.45) is 6.21. The lowest BCUT2D eigenvalue weighted by Crippen LogP contribution is -2.41. The lowest BCUT2D eigenvalue weighted by molar-refractivity contribution is -0.000250. The first-order chi connectivity index (χ1) is 7.71. The first-order valence-electron chi connectivity index (χ1n) is 6.75. The van der Waals surface area contributed by atoms with Gasteiger partial charge in [-0.25, -0.2) is 0 Å². The molecule has 0 radical (unpaired) electrons. The van der Waals surface area contributed by atoms with Crippen LogP contribution < -0.4 is 0 Å². The van der Waals surface area contributed by atoms with Gasteiger partial charge in [0.2, 0.25) is 0 Å². The summed E-state index contributed by atoms with van der Waals surface area (Å²) in [6.45, 7) is 12.4. The zero-order chi connectivity index (χ0) is 12.9. The van der Waals surface area contributed by atoms with Crippen LogP contribution in [0.3, 0.4) is 0 Å². The predicted octanol–water partition coefficient (Wildman–Crippen LogP) is 3.30. The van der Waals surface area contributed by atoms with Crippen molar-refractivity contribution in [1.82, 2.24) is 0 Å². The second kappa shape index (κ2) is 3.83. The lowest BCUT2D eigenvalue weighted by Gasteiger charge is -2.40. The van der Waals surface area contributed by atoms with Crippen molar-refractivity contribution in [3.8, 4) is 0 Å². The van der Waals surface area contributed by atoms with E-state index in [1.165, 1.54) is 12.8 Å². The highest BCUT2D eigenvalue weighted by Crippen LogP contribution is 2.59. The summed E-state index contributed by atoms with van der Waals surface area (Å²) in [4.78, 5) is 0. The Bertz CT molecular complexity index is 314. The van der Waals surface area contributed by atoms with Crippen LogP contribution in [0.25, 0.3) is 0 Å². The van der Waals surface area contributed by atoms with Crippen molar-refractivity contribution in [2.75, 3.05) is 0 Å². The van der Waals surface area contributed by atoms with E-state index in [4.69, 9.17) is 4.74 Å². The smallest absolute Gasteiger partial charge is 0.0797 e. The third kappa shape index (κ3) is 2.06. The van der Waals surface area contributed by atoms with Crippen molar-refractivity contribution < 1.29 is 9.84 Å². The summed E-state index contributed by atoms with van der Waals surface area (Å²) in [5, 5.41) is 10.0. The Morgan fingerprint density at radius 1 is 1.47 bits per heavy atom. The van der Waals surface area contributed by atoms with Crippen molar-refractivity contribution in [3.63, 3.8) is 0 Å². The Morgan fingerprint density at radius 2 is 2.12 bits per heavy atom. The normalized spacial score (nSPS) is 42.4. The van der Waals surface area contributed by atoms with Gasteiger partial charge in [0.05, 0.1) is 17.3 Å². The molecule has 2 fully saturated rings. The van der Waals surface area contributed by atoms with E-state index in [9.17, 15) is 5.11 Å². The average Bonchev–Trinajstić information content (AvgIpc) is 2.68. The van der Waals surface area contributed by atoms with E-state index in [1.807, 2.05) is 6.92 Å². The molecule has 0 aromatic carbocycles. The molecule has 2 aliphatic heterocycles. The number of hydrogen-bond acceptors (Lipinski definition) is 2. The molecular weight excluding hydrogens is 212 g/mol. The maximum absolute atomic E-state index is 10.0. The minimum absolute atomic E-state index is 0.0332. The van der Waals surface area contributed by atoms with Crippen LogP contribution in [0.5, 0.6) is 0 Å². The molecule has 2 heteroatoms. The molecule has 0 amide bonds. The molecule has 0 aromatic heterocycles. The fraction of sp³-hybridized carbons (Fsp3) is 0.867. The molecule has 1 N–H and O–H groups in total. The van der Waals surface area contributed by atoms with Crippen LogP contribution in [-0.2, 0) is 4.74 Å². The van der Waals surface area contributed by atoms with E-state index >= 15 is 0 Å². The summed E-state index contributed by atoms with van der Waals surface area (Å²) < 4.78 is 6.18. The van der Waals surface area contributed by atoms with Gasteiger partial charge in [-0.1, -0.05) is 19.9 Å². The Kier molecular flexibility index (Phi) is 2.95. The Hall–Kier alpha value is -0.340. The molecule has 0 spiro atoms. The van der Waals surface area contributed by atoms with Crippen LogP contribution in [0.1, 0.15) is 53.4 Å². The molecule has 2 bridgehead atoms. The Labute approximate surface area is 105 Å². The molecule has 2 saturated heterocycles. The van der Waals surface area contributed by atoms with Crippen molar-refractivity contribution in [3.05, 3.63) is 12.7 Å². The predicted molar refractivity (Wildman–Crippen MR) is 69.8 cm³/mol. The number of rotatable bonds is 4. The zero-order valence-electron chi connectivity index (χ0n) is 11.6. The topological polar surface area (TPSA) is 29.5 Å². The summed E-state index contributed by atoms with van der Waals surface area (Å²) in [5.41, 5.74) is -0.468. The van der Waals surface area contributed by atoms with Gasteiger partial charge in [-0.15, -0.1) is 6.58 Å². The number of ether oxygens (including phenoxy) is 1. The third-order valence-electron chi connectivity index (χ3n) is 5.16. The third-order valence-corrected chi connectivity index (χ3v) is 5.16. The first-order valence-corrected chi connectivity index (χ1v) is 6.75. The first kappa shape index (κ1) is 13.1. The van der Waals surface area contributed by atoms with Gasteiger partial charge in [-0.05, 0) is 50.9 Å². The largest absolute Gasteiger partial charge is 0.386 e. The van der Waals surface area contributed by atoms with Gasteiger partial charge in [0.1, 0.15) is 0 Å². The number of aliphatic hydroxyl groups is 1. The van der Waals surface area contributed by atoms with E-state index in [1.54, 1.807) is 6.08 Å². The highest BCUT2D eigenvalue weighted by atomic mass is 16.5. The van der Waals surface area contributed by atoms with Crippen LogP contribution in [0, 0.1) is 11.3 Å². The molecule has 0 aromatic rings. The van der Waals surface area contributed by atoms with Crippen molar-refractivity contribution in [2.45, 2.75) is 70.7 Å². The van der Waals surface area contributed by atoms with E-state index in [0.29, 0.717) is 12.0 Å². The van der Waals surface area contributed by atoms with Gasteiger partial charge in [0.15, 0.2) is 0 Å². The summed E-state index contributed by atoms with van der Waals surface area (Å²) in [5.74, 6) is 0.542. The van der Waals surface area contributed by atoms with E-state index < -0.39 is 5.60 Å². The van der Waals surface area contributed by atoms with Crippen molar-refractivity contribution in [2.24, 2.45) is 11.3 Å². The second-order valence-corrected chi connectivity index (χ2v) is 6.93. The van der Waals surface area contributed by atoms with E-state index in [-0.39, 0.29) is 11.0 Å². The van der Waals surface area contributed by atoms with Crippen LogP contribution in [-0.4, -0.2) is 22.4 Å². The maximum atomic E-state index is 10.0. The monoisotopic (exact) mass is 238 g/mol. The van der Waals surface area contributed by atoms with Crippen molar-refractivity contribution >= 4 is 0 Å². The molecule has 0 aliphatic carbocycles. The fourth-order valence-electron chi connectivity index (χ4n) is 3.87. The Morgan fingerprint density at radius 3 is 2.59 bits per heavy atom. The molecule has 0 unspecified atom stereocenters. The quantitative estimate of drug-likeness (QED) is 0.761. The van der Waals surface area contributed by atoms with Gasteiger partial charge in [-0.3, -0.25) is 0 Å². The van der Waals surface area contributed by atoms with E-state index in [2.05, 4.69) is 27.4 Å². The molecule has 17 heavy (non-hydrogen) atoms. The van der Waals surface area contributed by atoms with Crippen LogP contribution in [0.15, 0.2) is 12.7 Å². The van der Waals surface area contributed by atoms with Gasteiger partial charge >= 0.3 is 0 Å². The summed E-state index contributed by atoms with van der Waals surface area (Å²) >= 11 is 0. The summed E-state index contributed by atoms with van der Waals surface area (Å²) in [7, 11) is 0. The zero-order valence-corrected chi connectivity index (χ0v) is 11.6. The molecule has 98 valence electrons. The van der Waals surface area contributed by atoms with Crippen LogP contribution >= 0.6 is 0 Å². The standard InChI is InChI=1S/C15H26O2/c1-6-14(4,16)9-7-11-13(2,3)12-8-10-15(11,5)17-12/h6,11-12,16H,1,7-10H2,2-5H3/t11-,12-,14+,15+/m0/s1. The fourth-order valence-corrected chi connectivity index (χ4v) is 3.87. The van der Waals surface area contributed by atoms with Crippen molar-refractivity contribution in [1.29, 1.82) is 0 Å². The summed E-state index contributed by atoms with van der Waals surface area (Å²) in [6, 6.07) is 0. The molecule has 0 saturated carbocycles. The molecule has 4 atom stereocenters. The number of hydrogen-bond donors (Lipinski definition) is 1. The van der Waals surface area contributed by atoms with Gasteiger partial charge in [-0.2, -0.15) is 0 Å².